The van der Waals surface area contributed by atoms with E-state index >= 15 is 0 Å². The van der Waals surface area contributed by atoms with Crippen molar-refractivity contribution in [1.82, 2.24) is 15.1 Å². The van der Waals surface area contributed by atoms with Gasteiger partial charge in [-0.15, -0.1) is 0 Å². The molecule has 0 amide bonds. The Morgan fingerprint density at radius 2 is 2.19 bits per heavy atom. The van der Waals surface area contributed by atoms with Crippen LogP contribution < -0.4 is 5.32 Å². The van der Waals surface area contributed by atoms with Crippen molar-refractivity contribution in [3.8, 4) is 11.1 Å². The van der Waals surface area contributed by atoms with Crippen LogP contribution in [0.25, 0.3) is 11.1 Å². The zero-order chi connectivity index (χ0) is 14.5. The number of aromatic nitrogens is 2. The molecule has 2 unspecified atom stereocenters. The number of rotatable bonds is 6. The van der Waals surface area contributed by atoms with Crippen LogP contribution in [0.3, 0.4) is 0 Å². The molecule has 1 aromatic carbocycles. The molecule has 21 heavy (non-hydrogen) atoms. The number of likely N-dealkylation sites (N-methyl/N-ethyl adjacent to an activating group) is 1. The van der Waals surface area contributed by atoms with E-state index < -0.39 is 0 Å². The van der Waals surface area contributed by atoms with Crippen LogP contribution in [0.4, 0.5) is 0 Å². The zero-order valence-corrected chi connectivity index (χ0v) is 12.5. The summed E-state index contributed by atoms with van der Waals surface area (Å²) in [6.45, 7) is 5.79. The van der Waals surface area contributed by atoms with Gasteiger partial charge < -0.3 is 10.1 Å². The molecule has 2 atom stereocenters. The van der Waals surface area contributed by atoms with E-state index in [-0.39, 0.29) is 0 Å². The summed E-state index contributed by atoms with van der Waals surface area (Å²) >= 11 is 0. The molecule has 1 fully saturated rings. The summed E-state index contributed by atoms with van der Waals surface area (Å²) in [6, 6.07) is 10.8. The molecule has 4 nitrogen and oxygen atoms in total. The SMILES string of the molecule is CCNC(Cn1cc(-c2ccccc2)cn1)C1CCOC1. The highest BCUT2D eigenvalue weighted by Gasteiger charge is 2.25. The van der Waals surface area contributed by atoms with E-state index in [1.54, 1.807) is 0 Å². The number of nitrogens with one attached hydrogen (secondary N) is 1. The first-order valence-corrected chi connectivity index (χ1v) is 7.76. The lowest BCUT2D eigenvalue weighted by Crippen LogP contribution is -2.40. The van der Waals surface area contributed by atoms with Gasteiger partial charge in [0.05, 0.1) is 19.3 Å². The summed E-state index contributed by atoms with van der Waals surface area (Å²) in [4.78, 5) is 0. The van der Waals surface area contributed by atoms with Gasteiger partial charge in [-0.3, -0.25) is 4.68 Å². The molecular formula is C17H23N3O. The fraction of sp³-hybridized carbons (Fsp3) is 0.471. The summed E-state index contributed by atoms with van der Waals surface area (Å²) in [5.41, 5.74) is 2.39. The standard InChI is InChI=1S/C17H23N3O/c1-2-18-17(15-8-9-21-13-15)12-20-11-16(10-19-20)14-6-4-3-5-7-14/h3-7,10-11,15,17-18H,2,8-9,12-13H2,1H3. The molecule has 0 spiro atoms. The summed E-state index contributed by atoms with van der Waals surface area (Å²) in [5.74, 6) is 0.592. The van der Waals surface area contributed by atoms with Crippen LogP contribution in [0.1, 0.15) is 13.3 Å². The van der Waals surface area contributed by atoms with Gasteiger partial charge in [0.1, 0.15) is 0 Å². The molecule has 1 N–H and O–H groups in total. The molecule has 112 valence electrons. The average Bonchev–Trinajstić information content (AvgIpc) is 3.19. The minimum Gasteiger partial charge on any atom is -0.381 e. The molecule has 4 heteroatoms. The zero-order valence-electron chi connectivity index (χ0n) is 12.5. The minimum absolute atomic E-state index is 0.432. The lowest BCUT2D eigenvalue weighted by molar-refractivity contribution is 0.173. The van der Waals surface area contributed by atoms with Crippen molar-refractivity contribution in [2.24, 2.45) is 5.92 Å². The van der Waals surface area contributed by atoms with Crippen LogP contribution in [-0.4, -0.2) is 35.6 Å². The van der Waals surface area contributed by atoms with Gasteiger partial charge in [-0.2, -0.15) is 5.10 Å². The monoisotopic (exact) mass is 285 g/mol. The van der Waals surface area contributed by atoms with E-state index in [1.165, 1.54) is 11.1 Å². The second-order valence-corrected chi connectivity index (χ2v) is 5.60. The van der Waals surface area contributed by atoms with Crippen molar-refractivity contribution in [1.29, 1.82) is 0 Å². The molecular weight excluding hydrogens is 262 g/mol. The third-order valence-corrected chi connectivity index (χ3v) is 4.12. The molecule has 2 aromatic rings. The first-order valence-electron chi connectivity index (χ1n) is 7.76. The Morgan fingerprint density at radius 1 is 1.33 bits per heavy atom. The number of ether oxygens (including phenoxy) is 1. The molecule has 1 aliphatic heterocycles. The predicted octanol–water partition coefficient (Wildman–Crippen LogP) is 2.56. The maximum Gasteiger partial charge on any atom is 0.0568 e. The smallest absolute Gasteiger partial charge is 0.0568 e. The summed E-state index contributed by atoms with van der Waals surface area (Å²) in [6.07, 6.45) is 5.23. The fourth-order valence-electron chi connectivity index (χ4n) is 2.96. The topological polar surface area (TPSA) is 39.1 Å². The number of hydrogen-bond acceptors (Lipinski definition) is 3. The lowest BCUT2D eigenvalue weighted by Gasteiger charge is -2.23. The Labute approximate surface area is 126 Å². The molecule has 0 saturated carbocycles. The average molecular weight is 285 g/mol. The minimum atomic E-state index is 0.432. The summed E-state index contributed by atoms with van der Waals surface area (Å²) in [7, 11) is 0. The molecule has 0 aliphatic carbocycles. The maximum absolute atomic E-state index is 5.53. The van der Waals surface area contributed by atoms with E-state index in [1.807, 2.05) is 16.9 Å². The van der Waals surface area contributed by atoms with Gasteiger partial charge >= 0.3 is 0 Å². The molecule has 1 aliphatic rings. The summed E-state index contributed by atoms with van der Waals surface area (Å²) in [5, 5.41) is 8.10. The first kappa shape index (κ1) is 14.3. The maximum atomic E-state index is 5.53. The third kappa shape index (κ3) is 3.52. The quantitative estimate of drug-likeness (QED) is 0.886. The van der Waals surface area contributed by atoms with E-state index in [2.05, 4.69) is 47.8 Å². The van der Waals surface area contributed by atoms with Gasteiger partial charge in [0.15, 0.2) is 0 Å². The molecule has 3 rings (SSSR count). The van der Waals surface area contributed by atoms with Gasteiger partial charge in [0.25, 0.3) is 0 Å². The molecule has 2 heterocycles. The first-order chi connectivity index (χ1) is 10.4. The van der Waals surface area contributed by atoms with E-state index in [0.29, 0.717) is 12.0 Å². The Bertz CT molecular complexity index is 546. The van der Waals surface area contributed by atoms with Crippen molar-refractivity contribution in [3.63, 3.8) is 0 Å². The highest BCUT2D eigenvalue weighted by Crippen LogP contribution is 2.20. The highest BCUT2D eigenvalue weighted by atomic mass is 16.5. The molecule has 0 radical (unpaired) electrons. The van der Waals surface area contributed by atoms with Crippen molar-refractivity contribution in [2.45, 2.75) is 25.9 Å². The lowest BCUT2D eigenvalue weighted by atomic mass is 9.99. The number of benzene rings is 1. The molecule has 0 bridgehead atoms. The second kappa shape index (κ2) is 6.87. The largest absolute Gasteiger partial charge is 0.381 e. The number of nitrogens with zero attached hydrogens (tertiary/aromatic N) is 2. The van der Waals surface area contributed by atoms with Crippen LogP contribution in [0.15, 0.2) is 42.7 Å². The Morgan fingerprint density at radius 3 is 2.90 bits per heavy atom. The van der Waals surface area contributed by atoms with Crippen molar-refractivity contribution < 1.29 is 4.74 Å². The van der Waals surface area contributed by atoms with Gasteiger partial charge in [0, 0.05) is 30.3 Å². The van der Waals surface area contributed by atoms with Gasteiger partial charge in [-0.25, -0.2) is 0 Å². The van der Waals surface area contributed by atoms with Crippen LogP contribution >= 0.6 is 0 Å². The summed E-state index contributed by atoms with van der Waals surface area (Å²) < 4.78 is 7.58. The van der Waals surface area contributed by atoms with Gasteiger partial charge in [-0.05, 0) is 18.5 Å². The van der Waals surface area contributed by atoms with Crippen molar-refractivity contribution in [2.75, 3.05) is 19.8 Å². The molecule has 1 saturated heterocycles. The van der Waals surface area contributed by atoms with Crippen molar-refractivity contribution in [3.05, 3.63) is 42.7 Å². The van der Waals surface area contributed by atoms with Crippen LogP contribution in [0.2, 0.25) is 0 Å². The van der Waals surface area contributed by atoms with Gasteiger partial charge in [0.2, 0.25) is 0 Å². The van der Waals surface area contributed by atoms with E-state index in [9.17, 15) is 0 Å². The third-order valence-electron chi connectivity index (χ3n) is 4.12. The van der Waals surface area contributed by atoms with Crippen molar-refractivity contribution >= 4 is 0 Å². The normalized spacial score (nSPS) is 19.8. The Hall–Kier alpha value is -1.65. The van der Waals surface area contributed by atoms with Crippen LogP contribution in [0, 0.1) is 5.92 Å². The predicted molar refractivity (Wildman–Crippen MR) is 84.1 cm³/mol. The second-order valence-electron chi connectivity index (χ2n) is 5.60. The Kier molecular flexibility index (Phi) is 4.68. The molecule has 1 aromatic heterocycles. The van der Waals surface area contributed by atoms with Crippen LogP contribution in [-0.2, 0) is 11.3 Å². The fourth-order valence-corrected chi connectivity index (χ4v) is 2.96. The number of hydrogen-bond donors (Lipinski definition) is 1. The van der Waals surface area contributed by atoms with Crippen LogP contribution in [0.5, 0.6) is 0 Å². The van der Waals surface area contributed by atoms with E-state index in [4.69, 9.17) is 4.74 Å². The van der Waals surface area contributed by atoms with Gasteiger partial charge in [-0.1, -0.05) is 37.3 Å². The highest BCUT2D eigenvalue weighted by molar-refractivity contribution is 5.61. The van der Waals surface area contributed by atoms with E-state index in [0.717, 1.165) is 32.7 Å². The Balaban J connectivity index is 1.70.